The largest absolute Gasteiger partial charge is 0.284 e. The molecule has 0 bridgehead atoms. The van der Waals surface area contributed by atoms with E-state index < -0.39 is 0 Å². The molecule has 3 nitrogen and oxygen atoms in total. The molecule has 4 rings (SSSR count). The molecule has 0 aliphatic heterocycles. The normalized spacial score (nSPS) is 10.9. The monoisotopic (exact) mass is 384 g/mol. The molecule has 0 radical (unpaired) electrons. The number of thiophene rings is 1. The highest BCUT2D eigenvalue weighted by atomic mass is 32.1. The Bertz CT molecular complexity index is 1240. The van der Waals surface area contributed by atoms with E-state index in [4.69, 9.17) is 11.4 Å². The molecule has 2 aromatic carbocycles. The molecule has 0 spiro atoms. The molecule has 0 saturated heterocycles. The van der Waals surface area contributed by atoms with Crippen molar-refractivity contribution in [1.29, 1.82) is 0 Å². The van der Waals surface area contributed by atoms with Crippen LogP contribution in [0.5, 0.6) is 0 Å². The predicted molar refractivity (Wildman–Crippen MR) is 117 cm³/mol. The number of rotatable bonds is 4. The van der Waals surface area contributed by atoms with Crippen LogP contribution in [0.15, 0.2) is 59.4 Å². The first-order valence-electron chi connectivity index (χ1n) is 9.15. The summed E-state index contributed by atoms with van der Waals surface area (Å²) >= 11 is 1.57. The molecule has 4 heteroatoms. The van der Waals surface area contributed by atoms with Crippen LogP contribution >= 0.6 is 11.3 Å². The van der Waals surface area contributed by atoms with Crippen LogP contribution in [0, 0.1) is 26.2 Å². The highest BCUT2D eigenvalue weighted by molar-refractivity contribution is 7.19. The van der Waals surface area contributed by atoms with Gasteiger partial charge in [0, 0.05) is 16.9 Å². The van der Waals surface area contributed by atoms with Gasteiger partial charge in [-0.2, -0.15) is 0 Å². The van der Waals surface area contributed by atoms with E-state index in [9.17, 15) is 4.79 Å². The Kier molecular flexibility index (Phi) is 4.85. The van der Waals surface area contributed by atoms with Crippen LogP contribution in [0.3, 0.4) is 0 Å². The van der Waals surface area contributed by atoms with Gasteiger partial charge in [0.1, 0.15) is 10.7 Å². The van der Waals surface area contributed by atoms with Crippen molar-refractivity contribution >= 4 is 21.6 Å². The topological polar surface area (TPSA) is 34.9 Å². The van der Waals surface area contributed by atoms with Crippen LogP contribution in [0.2, 0.25) is 0 Å². The highest BCUT2D eigenvalue weighted by Crippen LogP contribution is 2.36. The minimum Gasteiger partial charge on any atom is -0.284 e. The molecule has 0 atom stereocenters. The third kappa shape index (κ3) is 3.26. The molecule has 2 aromatic heterocycles. The number of fused-ring (bicyclic) bond motifs is 1. The maximum absolute atomic E-state index is 13.4. The number of hydrogen-bond acceptors (Lipinski definition) is 3. The number of terminal acetylenes is 1. The average molecular weight is 385 g/mol. The van der Waals surface area contributed by atoms with Gasteiger partial charge in [0.05, 0.1) is 11.9 Å². The SMILES string of the molecule is C#CCn1c(Cc2ccccc2)nc2sc(C)c(-c3ccc(C)cc3)c2c1=O. The van der Waals surface area contributed by atoms with Crippen LogP contribution in [0.1, 0.15) is 21.8 Å². The van der Waals surface area contributed by atoms with Crippen molar-refractivity contribution in [3.05, 3.63) is 86.8 Å². The summed E-state index contributed by atoms with van der Waals surface area (Å²) in [5.74, 6) is 3.32. The molecule has 0 N–H and O–H groups in total. The van der Waals surface area contributed by atoms with E-state index in [1.807, 2.05) is 37.3 Å². The lowest BCUT2D eigenvalue weighted by atomic mass is 10.0. The third-order valence-electron chi connectivity index (χ3n) is 4.86. The van der Waals surface area contributed by atoms with Crippen LogP contribution in [0.4, 0.5) is 0 Å². The molecule has 28 heavy (non-hydrogen) atoms. The summed E-state index contributed by atoms with van der Waals surface area (Å²) in [6.45, 7) is 4.31. The van der Waals surface area contributed by atoms with E-state index in [0.717, 1.165) is 26.4 Å². The van der Waals surface area contributed by atoms with Gasteiger partial charge in [0.2, 0.25) is 0 Å². The van der Waals surface area contributed by atoms with Gasteiger partial charge in [-0.15, -0.1) is 17.8 Å². The van der Waals surface area contributed by atoms with Gasteiger partial charge in [-0.1, -0.05) is 66.1 Å². The number of aromatic nitrogens is 2. The fraction of sp³-hybridized carbons (Fsp3) is 0.167. The fourth-order valence-corrected chi connectivity index (χ4v) is 4.53. The predicted octanol–water partition coefficient (Wildman–Crippen LogP) is 4.97. The van der Waals surface area contributed by atoms with Gasteiger partial charge >= 0.3 is 0 Å². The van der Waals surface area contributed by atoms with Crippen molar-refractivity contribution in [3.63, 3.8) is 0 Å². The zero-order valence-electron chi connectivity index (χ0n) is 15.9. The second-order valence-electron chi connectivity index (χ2n) is 6.87. The third-order valence-corrected chi connectivity index (χ3v) is 5.86. The molecule has 0 fully saturated rings. The Morgan fingerprint density at radius 1 is 1.07 bits per heavy atom. The van der Waals surface area contributed by atoms with E-state index >= 15 is 0 Å². The molecular formula is C24H20N2OS. The van der Waals surface area contributed by atoms with E-state index in [1.54, 1.807) is 15.9 Å². The Hall–Kier alpha value is -3.16. The molecule has 4 aromatic rings. The van der Waals surface area contributed by atoms with Crippen LogP contribution < -0.4 is 5.56 Å². The lowest BCUT2D eigenvalue weighted by Crippen LogP contribution is -2.25. The zero-order valence-corrected chi connectivity index (χ0v) is 16.7. The second kappa shape index (κ2) is 7.46. The molecule has 0 amide bonds. The van der Waals surface area contributed by atoms with Crippen molar-refractivity contribution in [2.75, 3.05) is 0 Å². The van der Waals surface area contributed by atoms with Gasteiger partial charge in [0.25, 0.3) is 5.56 Å². The van der Waals surface area contributed by atoms with Gasteiger partial charge < -0.3 is 0 Å². The summed E-state index contributed by atoms with van der Waals surface area (Å²) in [5.41, 5.74) is 4.24. The Balaban J connectivity index is 1.95. The maximum atomic E-state index is 13.4. The fourth-order valence-electron chi connectivity index (χ4n) is 3.47. The molecule has 0 aliphatic rings. The standard InChI is InChI=1S/C24H20N2OS/c1-4-14-26-20(15-18-8-6-5-7-9-18)25-23-22(24(26)27)21(17(3)28-23)19-12-10-16(2)11-13-19/h1,5-13H,14-15H2,2-3H3. The van der Waals surface area contributed by atoms with Crippen LogP contribution in [-0.2, 0) is 13.0 Å². The summed E-state index contributed by atoms with van der Waals surface area (Å²) in [4.78, 5) is 20.2. The summed E-state index contributed by atoms with van der Waals surface area (Å²) in [6, 6.07) is 18.3. The first-order chi connectivity index (χ1) is 13.6. The van der Waals surface area contributed by atoms with Gasteiger partial charge in [-0.25, -0.2) is 4.98 Å². The van der Waals surface area contributed by atoms with Crippen LogP contribution in [0.25, 0.3) is 21.3 Å². The quantitative estimate of drug-likeness (QED) is 0.466. The van der Waals surface area contributed by atoms with Gasteiger partial charge in [-0.3, -0.25) is 9.36 Å². The first kappa shape index (κ1) is 18.2. The first-order valence-corrected chi connectivity index (χ1v) is 9.97. The molecule has 0 saturated carbocycles. The second-order valence-corrected chi connectivity index (χ2v) is 8.07. The van der Waals surface area contributed by atoms with Gasteiger partial charge in [-0.05, 0) is 25.0 Å². The molecule has 0 unspecified atom stereocenters. The number of aryl methyl sites for hydroxylation is 2. The molecular weight excluding hydrogens is 364 g/mol. The number of nitrogens with zero attached hydrogens (tertiary/aromatic N) is 2. The van der Waals surface area contributed by atoms with Crippen molar-refractivity contribution in [3.8, 4) is 23.5 Å². The number of benzene rings is 2. The Labute approximate surface area is 168 Å². The lowest BCUT2D eigenvalue weighted by Gasteiger charge is -2.11. The Morgan fingerprint density at radius 2 is 1.79 bits per heavy atom. The van der Waals surface area contributed by atoms with Crippen molar-refractivity contribution in [2.45, 2.75) is 26.8 Å². The van der Waals surface area contributed by atoms with E-state index in [1.165, 1.54) is 5.56 Å². The lowest BCUT2D eigenvalue weighted by molar-refractivity contribution is 0.721. The van der Waals surface area contributed by atoms with Crippen molar-refractivity contribution in [2.24, 2.45) is 0 Å². The smallest absolute Gasteiger partial charge is 0.263 e. The summed E-state index contributed by atoms with van der Waals surface area (Å²) < 4.78 is 1.64. The minimum atomic E-state index is -0.0613. The van der Waals surface area contributed by atoms with Gasteiger partial charge in [0.15, 0.2) is 0 Å². The Morgan fingerprint density at radius 3 is 2.46 bits per heavy atom. The molecule has 138 valence electrons. The van der Waals surface area contributed by atoms with E-state index in [0.29, 0.717) is 17.6 Å². The van der Waals surface area contributed by atoms with Crippen LogP contribution in [-0.4, -0.2) is 9.55 Å². The summed E-state index contributed by atoms with van der Waals surface area (Å²) in [6.07, 6.45) is 6.15. The average Bonchev–Trinajstić information content (AvgIpc) is 3.02. The highest BCUT2D eigenvalue weighted by Gasteiger charge is 2.19. The zero-order chi connectivity index (χ0) is 19.7. The minimum absolute atomic E-state index is 0.0613. The summed E-state index contributed by atoms with van der Waals surface area (Å²) in [5, 5.41) is 0.665. The summed E-state index contributed by atoms with van der Waals surface area (Å²) in [7, 11) is 0. The van der Waals surface area contributed by atoms with E-state index in [-0.39, 0.29) is 12.1 Å². The molecule has 2 heterocycles. The maximum Gasteiger partial charge on any atom is 0.263 e. The van der Waals surface area contributed by atoms with Crippen molar-refractivity contribution in [1.82, 2.24) is 9.55 Å². The van der Waals surface area contributed by atoms with E-state index in [2.05, 4.69) is 37.1 Å². The number of hydrogen-bond donors (Lipinski definition) is 0. The van der Waals surface area contributed by atoms with Crippen molar-refractivity contribution < 1.29 is 0 Å². The molecule has 0 aliphatic carbocycles.